The summed E-state index contributed by atoms with van der Waals surface area (Å²) in [6.45, 7) is 0.801. The summed E-state index contributed by atoms with van der Waals surface area (Å²) in [6.07, 6.45) is 4.47. The maximum Gasteiger partial charge on any atom is 0.244 e. The van der Waals surface area contributed by atoms with E-state index >= 15 is 0 Å². The lowest BCUT2D eigenvalue weighted by molar-refractivity contribution is 0.314. The molecule has 140 valence electrons. The zero-order valence-electron chi connectivity index (χ0n) is 14.3. The normalized spacial score (nSPS) is 18.5. The van der Waals surface area contributed by atoms with Gasteiger partial charge >= 0.3 is 0 Å². The van der Waals surface area contributed by atoms with Crippen molar-refractivity contribution in [3.05, 3.63) is 59.6 Å². The van der Waals surface area contributed by atoms with Crippen LogP contribution in [-0.2, 0) is 10.0 Å². The molecule has 1 saturated heterocycles. The fourth-order valence-corrected chi connectivity index (χ4v) is 5.64. The van der Waals surface area contributed by atoms with Crippen molar-refractivity contribution in [3.8, 4) is 10.6 Å². The van der Waals surface area contributed by atoms with Gasteiger partial charge in [-0.15, -0.1) is 10.2 Å². The van der Waals surface area contributed by atoms with Crippen molar-refractivity contribution in [1.82, 2.24) is 19.5 Å². The van der Waals surface area contributed by atoms with E-state index in [2.05, 4.69) is 15.2 Å². The maximum absolute atomic E-state index is 14.0. The largest absolute Gasteiger partial charge is 0.263 e. The maximum atomic E-state index is 14.0. The van der Waals surface area contributed by atoms with Crippen molar-refractivity contribution in [2.45, 2.75) is 23.7 Å². The van der Waals surface area contributed by atoms with Crippen molar-refractivity contribution < 1.29 is 12.8 Å². The Morgan fingerprint density at radius 2 is 2.00 bits per heavy atom. The molecule has 0 amide bonds. The van der Waals surface area contributed by atoms with Gasteiger partial charge in [0.15, 0.2) is 5.01 Å². The highest BCUT2D eigenvalue weighted by Gasteiger charge is 2.32. The molecule has 9 heteroatoms. The molecular formula is C18H17FN4O2S2. The van der Waals surface area contributed by atoms with Crippen molar-refractivity contribution in [2.24, 2.45) is 0 Å². The zero-order valence-corrected chi connectivity index (χ0v) is 16.0. The van der Waals surface area contributed by atoms with Crippen LogP contribution in [0.4, 0.5) is 4.39 Å². The summed E-state index contributed by atoms with van der Waals surface area (Å²) in [5.74, 6) is -0.396. The van der Waals surface area contributed by atoms with E-state index in [1.54, 1.807) is 36.5 Å². The molecule has 0 N–H and O–H groups in total. The summed E-state index contributed by atoms with van der Waals surface area (Å²) >= 11 is 1.32. The summed E-state index contributed by atoms with van der Waals surface area (Å²) in [7, 11) is -3.59. The third kappa shape index (κ3) is 3.62. The number of sulfonamides is 1. The molecule has 1 fully saturated rings. The molecule has 0 unspecified atom stereocenters. The van der Waals surface area contributed by atoms with Gasteiger partial charge in [0.05, 0.1) is 0 Å². The molecule has 1 atom stereocenters. The van der Waals surface area contributed by atoms with Crippen molar-refractivity contribution in [2.75, 3.05) is 13.1 Å². The lowest BCUT2D eigenvalue weighted by atomic mass is 10.0. The van der Waals surface area contributed by atoms with Crippen molar-refractivity contribution in [3.63, 3.8) is 0 Å². The minimum Gasteiger partial charge on any atom is -0.263 e. The Balaban J connectivity index is 1.57. The number of aromatic nitrogens is 3. The first-order valence-corrected chi connectivity index (χ1v) is 10.8. The monoisotopic (exact) mass is 404 g/mol. The highest BCUT2D eigenvalue weighted by molar-refractivity contribution is 7.89. The van der Waals surface area contributed by atoms with E-state index in [0.717, 1.165) is 17.8 Å². The number of piperidine rings is 1. The average Bonchev–Trinajstić information content (AvgIpc) is 3.19. The molecule has 0 bridgehead atoms. The molecule has 0 saturated carbocycles. The number of halogens is 1. The molecule has 0 spiro atoms. The second-order valence-electron chi connectivity index (χ2n) is 6.32. The van der Waals surface area contributed by atoms with Crippen LogP contribution < -0.4 is 0 Å². The van der Waals surface area contributed by atoms with Crippen molar-refractivity contribution >= 4 is 21.4 Å². The second-order valence-corrected chi connectivity index (χ2v) is 9.26. The van der Waals surface area contributed by atoms with Gasteiger partial charge in [-0.25, -0.2) is 12.8 Å². The average molecular weight is 404 g/mol. The summed E-state index contributed by atoms with van der Waals surface area (Å²) in [6, 6.07) is 9.59. The molecule has 1 aliphatic heterocycles. The molecule has 27 heavy (non-hydrogen) atoms. The Morgan fingerprint density at radius 3 is 2.78 bits per heavy atom. The minimum atomic E-state index is -3.59. The molecule has 0 radical (unpaired) electrons. The first-order chi connectivity index (χ1) is 13.1. The van der Waals surface area contributed by atoms with Gasteiger partial charge in [0.2, 0.25) is 10.0 Å². The minimum absolute atomic E-state index is 0.0526. The smallest absolute Gasteiger partial charge is 0.244 e. The van der Waals surface area contributed by atoms with Gasteiger partial charge in [0.1, 0.15) is 15.7 Å². The standard InChI is InChI=1S/C18H17FN4O2S2/c19-16-8-2-1-7-15(16)18-22-21-17(26-18)13-5-4-10-23(12-13)27(24,25)14-6-3-9-20-11-14/h1-3,6-9,11,13H,4-5,10,12H2/t13-/m0/s1. The highest BCUT2D eigenvalue weighted by Crippen LogP contribution is 2.34. The van der Waals surface area contributed by atoms with Crippen LogP contribution in [0, 0.1) is 5.82 Å². The van der Waals surface area contributed by atoms with Gasteiger partial charge in [-0.3, -0.25) is 4.98 Å². The fourth-order valence-electron chi connectivity index (χ4n) is 3.15. The van der Waals surface area contributed by atoms with Gasteiger partial charge in [-0.1, -0.05) is 23.5 Å². The molecule has 2 aromatic heterocycles. The molecule has 1 aromatic carbocycles. The Morgan fingerprint density at radius 1 is 1.15 bits per heavy atom. The number of benzene rings is 1. The number of nitrogens with zero attached hydrogens (tertiary/aromatic N) is 4. The van der Waals surface area contributed by atoms with Crippen LogP contribution in [0.5, 0.6) is 0 Å². The van der Waals surface area contributed by atoms with Crippen LogP contribution in [0.25, 0.3) is 10.6 Å². The van der Waals surface area contributed by atoms with Gasteiger partial charge in [0, 0.05) is 37.0 Å². The SMILES string of the molecule is O=S(=O)(c1cccnc1)N1CCC[C@H](c2nnc(-c3ccccc3F)s2)C1. The first kappa shape index (κ1) is 18.1. The molecule has 0 aliphatic carbocycles. The van der Waals surface area contributed by atoms with E-state index in [1.807, 2.05) is 0 Å². The summed E-state index contributed by atoms with van der Waals surface area (Å²) in [5, 5.41) is 9.58. The lowest BCUT2D eigenvalue weighted by Crippen LogP contribution is -2.39. The third-order valence-corrected chi connectivity index (χ3v) is 7.52. The predicted molar refractivity (Wildman–Crippen MR) is 100 cm³/mol. The molecule has 6 nitrogen and oxygen atoms in total. The number of hydrogen-bond acceptors (Lipinski definition) is 6. The van der Waals surface area contributed by atoms with E-state index < -0.39 is 10.0 Å². The Labute approximate surface area is 160 Å². The van der Waals surface area contributed by atoms with Crippen molar-refractivity contribution in [1.29, 1.82) is 0 Å². The van der Waals surface area contributed by atoms with E-state index in [9.17, 15) is 12.8 Å². The first-order valence-electron chi connectivity index (χ1n) is 8.54. The van der Waals surface area contributed by atoms with E-state index in [4.69, 9.17) is 0 Å². The van der Waals surface area contributed by atoms with Crippen LogP contribution in [0.2, 0.25) is 0 Å². The molecule has 3 aromatic rings. The zero-order chi connectivity index (χ0) is 18.9. The summed E-state index contributed by atoms with van der Waals surface area (Å²) in [4.78, 5) is 4.10. The molecule has 4 rings (SSSR count). The van der Waals surface area contributed by atoms with Crippen LogP contribution in [-0.4, -0.2) is 41.0 Å². The lowest BCUT2D eigenvalue weighted by Gasteiger charge is -2.30. The van der Waals surface area contributed by atoms with E-state index in [-0.39, 0.29) is 16.6 Å². The van der Waals surface area contributed by atoms with Crippen LogP contribution >= 0.6 is 11.3 Å². The Kier molecular flexibility index (Phi) is 4.98. The summed E-state index contributed by atoms with van der Waals surface area (Å²) in [5.41, 5.74) is 0.414. The number of rotatable bonds is 4. The predicted octanol–water partition coefficient (Wildman–Crippen LogP) is 3.31. The van der Waals surface area contributed by atoms with Gasteiger partial charge in [-0.2, -0.15) is 4.31 Å². The molecule has 1 aliphatic rings. The van der Waals surface area contributed by atoms with Gasteiger partial charge in [-0.05, 0) is 37.1 Å². The van der Waals surface area contributed by atoms with E-state index in [0.29, 0.717) is 23.7 Å². The topological polar surface area (TPSA) is 76.1 Å². The Hall–Kier alpha value is -2.23. The van der Waals surface area contributed by atoms with Crippen LogP contribution in [0.1, 0.15) is 23.8 Å². The summed E-state index contributed by atoms with van der Waals surface area (Å²) < 4.78 is 41.1. The number of hydrogen-bond donors (Lipinski definition) is 0. The third-order valence-electron chi connectivity index (χ3n) is 4.55. The van der Waals surface area contributed by atoms with E-state index in [1.165, 1.54) is 27.9 Å². The van der Waals surface area contributed by atoms with Crippen LogP contribution in [0.15, 0.2) is 53.7 Å². The van der Waals surface area contributed by atoms with Gasteiger partial charge in [0.25, 0.3) is 0 Å². The second kappa shape index (κ2) is 7.41. The van der Waals surface area contributed by atoms with Gasteiger partial charge < -0.3 is 0 Å². The fraction of sp³-hybridized carbons (Fsp3) is 0.278. The Bertz CT molecular complexity index is 1040. The highest BCUT2D eigenvalue weighted by atomic mass is 32.2. The quantitative estimate of drug-likeness (QED) is 0.667. The van der Waals surface area contributed by atoms with Crippen LogP contribution in [0.3, 0.4) is 0 Å². The molecular weight excluding hydrogens is 387 g/mol. The molecule has 3 heterocycles. The number of pyridine rings is 1.